The number of amides is 3. The molecule has 0 aliphatic carbocycles. The predicted octanol–water partition coefficient (Wildman–Crippen LogP) is 6.23. The second-order valence-electron chi connectivity index (χ2n) is 10.0. The summed E-state index contributed by atoms with van der Waals surface area (Å²) in [5, 5.41) is 7.07. The van der Waals surface area contributed by atoms with E-state index in [0.717, 1.165) is 35.0 Å². The summed E-state index contributed by atoms with van der Waals surface area (Å²) >= 11 is 1.12. The summed E-state index contributed by atoms with van der Waals surface area (Å²) in [6.45, 7) is 5.06. The van der Waals surface area contributed by atoms with E-state index in [1.807, 2.05) is 32.0 Å². The van der Waals surface area contributed by atoms with Crippen LogP contribution in [0.25, 0.3) is 17.2 Å². The number of methoxy groups -OCH3 is 1. The fourth-order valence-corrected chi connectivity index (χ4v) is 5.37. The van der Waals surface area contributed by atoms with Crippen molar-refractivity contribution in [2.75, 3.05) is 23.1 Å². The molecule has 5 rings (SSSR count). The number of carbonyl (C=O) groups excluding carboxylic acids is 3. The summed E-state index contributed by atoms with van der Waals surface area (Å²) in [7, 11) is 1.56. The third-order valence-electron chi connectivity index (χ3n) is 6.88. The summed E-state index contributed by atoms with van der Waals surface area (Å²) in [6.07, 6.45) is -2.86. The minimum absolute atomic E-state index is 0.0931. The number of urea groups is 1. The third-order valence-corrected chi connectivity index (χ3v) is 7.80. The van der Waals surface area contributed by atoms with Gasteiger partial charge in [0.25, 0.3) is 0 Å². The van der Waals surface area contributed by atoms with Crippen LogP contribution in [-0.4, -0.2) is 55.5 Å². The van der Waals surface area contributed by atoms with Crippen molar-refractivity contribution >= 4 is 46.0 Å². The van der Waals surface area contributed by atoms with E-state index in [2.05, 4.69) is 25.4 Å². The summed E-state index contributed by atoms with van der Waals surface area (Å²) in [5.74, 6) is -0.227. The van der Waals surface area contributed by atoms with Crippen LogP contribution in [0.1, 0.15) is 47.0 Å². The molecule has 11 nitrogen and oxygen atoms in total. The second-order valence-corrected chi connectivity index (χ2v) is 11.0. The third kappa shape index (κ3) is 6.78. The van der Waals surface area contributed by atoms with Gasteiger partial charge in [0, 0.05) is 30.0 Å². The average molecular weight is 638 g/mol. The number of ketones is 1. The number of nitrogens with one attached hydrogen (secondary N) is 1. The Kier molecular flexibility index (Phi) is 8.84. The zero-order chi connectivity index (χ0) is 32.5. The van der Waals surface area contributed by atoms with Gasteiger partial charge in [-0.3, -0.25) is 14.5 Å². The number of nitrogens with zero attached hydrogens (tertiary/aromatic N) is 6. The van der Waals surface area contributed by atoms with Crippen molar-refractivity contribution in [3.8, 4) is 17.2 Å². The number of carbonyl (C=O) groups is 3. The van der Waals surface area contributed by atoms with Crippen molar-refractivity contribution < 1.29 is 32.3 Å². The van der Waals surface area contributed by atoms with Gasteiger partial charge in [0.1, 0.15) is 6.33 Å². The number of Topliss-reactive ketones (excluding diaryl/α,β-unsaturated/α-hetero) is 1. The van der Waals surface area contributed by atoms with Gasteiger partial charge in [-0.15, -0.1) is 5.10 Å². The molecule has 2 aromatic heterocycles. The Balaban J connectivity index is 1.39. The largest absolute Gasteiger partial charge is 0.417 e. The van der Waals surface area contributed by atoms with Gasteiger partial charge in [0.05, 0.1) is 28.8 Å². The quantitative estimate of drug-likeness (QED) is 0.236. The highest BCUT2D eigenvalue weighted by molar-refractivity contribution is 8.15. The number of thioether (sulfide) groups is 1. The molecule has 15 heteroatoms. The van der Waals surface area contributed by atoms with Crippen LogP contribution >= 0.6 is 11.8 Å². The number of aliphatic imine (C=N–C) groups is 1. The Hall–Kier alpha value is -4.89. The van der Waals surface area contributed by atoms with Gasteiger partial charge in [-0.1, -0.05) is 23.9 Å². The van der Waals surface area contributed by atoms with Crippen molar-refractivity contribution in [2.24, 2.45) is 4.99 Å². The summed E-state index contributed by atoms with van der Waals surface area (Å²) in [6, 6.07) is 11.4. The van der Waals surface area contributed by atoms with E-state index in [1.165, 1.54) is 35.0 Å². The van der Waals surface area contributed by atoms with Crippen LogP contribution in [0.3, 0.4) is 0 Å². The van der Waals surface area contributed by atoms with E-state index in [0.29, 0.717) is 17.4 Å². The van der Waals surface area contributed by atoms with Crippen LogP contribution in [0.5, 0.6) is 0 Å². The number of alkyl halides is 3. The van der Waals surface area contributed by atoms with E-state index in [1.54, 1.807) is 13.2 Å². The molecule has 1 atom stereocenters. The van der Waals surface area contributed by atoms with Crippen LogP contribution in [-0.2, 0) is 15.7 Å². The minimum Gasteiger partial charge on any atom is -0.377 e. The molecule has 4 aromatic rings. The van der Waals surface area contributed by atoms with E-state index in [-0.39, 0.29) is 51.6 Å². The van der Waals surface area contributed by atoms with Gasteiger partial charge in [0.15, 0.2) is 22.6 Å². The monoisotopic (exact) mass is 637 g/mol. The topological polar surface area (TPSA) is 132 Å². The maximum absolute atomic E-state index is 13.1. The Morgan fingerprint density at radius 3 is 2.56 bits per heavy atom. The lowest BCUT2D eigenvalue weighted by Gasteiger charge is -2.23. The second kappa shape index (κ2) is 12.6. The number of halogens is 3. The number of rotatable bonds is 7. The summed E-state index contributed by atoms with van der Waals surface area (Å²) in [4.78, 5) is 52.1. The number of hydrogen-bond donors (Lipinski definition) is 1. The maximum Gasteiger partial charge on any atom is 0.417 e. The van der Waals surface area contributed by atoms with Crippen molar-refractivity contribution in [3.05, 3.63) is 83.3 Å². The van der Waals surface area contributed by atoms with Crippen LogP contribution < -0.4 is 10.2 Å². The van der Waals surface area contributed by atoms with Crippen LogP contribution in [0.4, 0.5) is 29.3 Å². The Labute approximate surface area is 259 Å². The minimum atomic E-state index is -4.52. The Bertz CT molecular complexity index is 1820. The molecular weight excluding hydrogens is 611 g/mol. The number of ether oxygens (including phenoxy) is 1. The molecule has 1 aliphatic heterocycles. The fraction of sp³-hybridized carbons (Fsp3) is 0.233. The number of benzene rings is 2. The molecule has 2 aromatic carbocycles. The van der Waals surface area contributed by atoms with Gasteiger partial charge >= 0.3 is 12.2 Å². The zero-order valence-electron chi connectivity index (χ0n) is 24.4. The van der Waals surface area contributed by atoms with E-state index in [4.69, 9.17) is 4.74 Å². The lowest BCUT2D eigenvalue weighted by Crippen LogP contribution is -2.31. The van der Waals surface area contributed by atoms with E-state index < -0.39 is 17.8 Å². The summed E-state index contributed by atoms with van der Waals surface area (Å²) in [5.41, 5.74) is 2.07. The SMILES string of the molecule is COC(C)c1ccc(C)cc1N1C(=O)CS/C1=N\C(=O)Nc1ccc(-c2ncn(-c3ccc(C(F)(F)F)cn3)n2)cc1C(C)=O. The molecule has 0 bridgehead atoms. The Morgan fingerprint density at radius 2 is 1.89 bits per heavy atom. The van der Waals surface area contributed by atoms with Crippen molar-refractivity contribution in [1.82, 2.24) is 19.7 Å². The predicted molar refractivity (Wildman–Crippen MR) is 163 cm³/mol. The highest BCUT2D eigenvalue weighted by Crippen LogP contribution is 2.35. The zero-order valence-corrected chi connectivity index (χ0v) is 25.2. The molecule has 1 fully saturated rings. The lowest BCUT2D eigenvalue weighted by molar-refractivity contribution is -0.137. The number of aromatic nitrogens is 4. The Morgan fingerprint density at radius 1 is 1.11 bits per heavy atom. The first-order valence-corrected chi connectivity index (χ1v) is 14.4. The average Bonchev–Trinajstić information content (AvgIpc) is 3.63. The van der Waals surface area contributed by atoms with E-state index in [9.17, 15) is 27.6 Å². The lowest BCUT2D eigenvalue weighted by atomic mass is 10.0. The molecule has 0 radical (unpaired) electrons. The van der Waals surface area contributed by atoms with Crippen molar-refractivity contribution in [1.29, 1.82) is 0 Å². The van der Waals surface area contributed by atoms with E-state index >= 15 is 0 Å². The molecule has 45 heavy (non-hydrogen) atoms. The van der Waals surface area contributed by atoms with Gasteiger partial charge in [-0.05, 0) is 62.7 Å². The van der Waals surface area contributed by atoms with Gasteiger partial charge in [-0.2, -0.15) is 18.2 Å². The molecule has 1 unspecified atom stereocenters. The molecule has 1 saturated heterocycles. The number of aryl methyl sites for hydroxylation is 1. The molecule has 3 heterocycles. The summed E-state index contributed by atoms with van der Waals surface area (Å²) < 4.78 is 45.3. The van der Waals surface area contributed by atoms with Crippen molar-refractivity contribution in [2.45, 2.75) is 33.1 Å². The molecule has 1 N–H and O–H groups in total. The molecule has 3 amide bonds. The van der Waals surface area contributed by atoms with Gasteiger partial charge in [0.2, 0.25) is 5.91 Å². The van der Waals surface area contributed by atoms with Gasteiger partial charge in [-0.25, -0.2) is 19.4 Å². The highest BCUT2D eigenvalue weighted by atomic mass is 32.2. The van der Waals surface area contributed by atoms with Gasteiger partial charge < -0.3 is 10.1 Å². The van der Waals surface area contributed by atoms with Crippen LogP contribution in [0, 0.1) is 6.92 Å². The smallest absolute Gasteiger partial charge is 0.377 e. The first-order chi connectivity index (χ1) is 21.3. The molecule has 0 spiro atoms. The standard InChI is InChI=1S/C30H26F3N7O4S/c1-16-5-8-21(18(3)44-4)24(11-16)40-26(42)14-45-29(40)37-28(43)36-23-9-6-19(12-22(23)17(2)41)27-35-15-39(38-27)25-10-7-20(13-34-25)30(31,32)33/h5-13,15,18H,14H2,1-4H3,(H,36,43)/b37-29-. The molecule has 0 saturated carbocycles. The highest BCUT2D eigenvalue weighted by Gasteiger charge is 2.33. The maximum atomic E-state index is 13.1. The first kappa shape index (κ1) is 31.5. The molecule has 232 valence electrons. The molecular formula is C30H26F3N7O4S. The number of anilines is 2. The first-order valence-electron chi connectivity index (χ1n) is 13.4. The van der Waals surface area contributed by atoms with Crippen LogP contribution in [0.2, 0.25) is 0 Å². The number of pyridine rings is 1. The van der Waals surface area contributed by atoms with Crippen LogP contribution in [0.15, 0.2) is 66.0 Å². The fourth-order valence-electron chi connectivity index (χ4n) is 4.51. The van der Waals surface area contributed by atoms with Crippen molar-refractivity contribution in [3.63, 3.8) is 0 Å². The number of amidine groups is 1. The number of hydrogen-bond acceptors (Lipinski definition) is 8. The molecule has 1 aliphatic rings. The normalized spacial score (nSPS) is 15.0.